The Kier molecular flexibility index (Phi) is 5.58. The molecule has 0 heterocycles. The molecular weight excluding hydrogens is 274 g/mol. The summed E-state index contributed by atoms with van der Waals surface area (Å²) in [6, 6.07) is 6.79. The Morgan fingerprint density at radius 2 is 1.81 bits per heavy atom. The Hall–Kier alpha value is -2.24. The van der Waals surface area contributed by atoms with Crippen LogP contribution < -0.4 is 14.8 Å². The first-order valence-electron chi connectivity index (χ1n) is 6.68. The smallest absolute Gasteiger partial charge is 0.329 e. The number of aliphatic carboxylic acids is 1. The van der Waals surface area contributed by atoms with Gasteiger partial charge in [-0.1, -0.05) is 6.92 Å². The molecular formula is C15H21NO5. The van der Waals surface area contributed by atoms with Gasteiger partial charge in [-0.25, -0.2) is 4.79 Å². The van der Waals surface area contributed by atoms with Crippen LogP contribution in [0.2, 0.25) is 0 Å². The third-order valence-electron chi connectivity index (χ3n) is 3.32. The van der Waals surface area contributed by atoms with Crippen LogP contribution in [0.4, 0.5) is 0 Å². The van der Waals surface area contributed by atoms with E-state index in [-0.39, 0.29) is 6.42 Å². The molecule has 2 N–H and O–H groups in total. The molecule has 0 saturated carbocycles. The van der Waals surface area contributed by atoms with Gasteiger partial charge in [-0.15, -0.1) is 0 Å². The van der Waals surface area contributed by atoms with E-state index in [4.69, 9.17) is 14.6 Å². The molecule has 0 aliphatic carbocycles. The number of nitrogens with one attached hydrogen (secondary N) is 1. The maximum atomic E-state index is 12.0. The summed E-state index contributed by atoms with van der Waals surface area (Å²) in [4.78, 5) is 23.2. The van der Waals surface area contributed by atoms with E-state index < -0.39 is 23.5 Å². The molecule has 1 rings (SSSR count). The van der Waals surface area contributed by atoms with Crippen molar-refractivity contribution in [1.29, 1.82) is 0 Å². The van der Waals surface area contributed by atoms with Crippen LogP contribution in [-0.4, -0.2) is 35.7 Å². The lowest BCUT2D eigenvalue weighted by atomic mass is 9.99. The summed E-state index contributed by atoms with van der Waals surface area (Å²) in [6.45, 7) is 4.73. The van der Waals surface area contributed by atoms with Crippen molar-refractivity contribution in [3.05, 3.63) is 24.3 Å². The van der Waals surface area contributed by atoms with Gasteiger partial charge >= 0.3 is 5.97 Å². The predicted molar refractivity (Wildman–Crippen MR) is 77.6 cm³/mol. The molecule has 0 radical (unpaired) electrons. The third-order valence-corrected chi connectivity index (χ3v) is 3.32. The van der Waals surface area contributed by atoms with E-state index in [0.29, 0.717) is 11.5 Å². The lowest BCUT2D eigenvalue weighted by molar-refractivity contribution is -0.148. The molecule has 0 aliphatic heterocycles. The Bertz CT molecular complexity index is 499. The number of carbonyl (C=O) groups excluding carboxylic acids is 1. The number of ether oxygens (including phenoxy) is 2. The molecule has 1 aromatic carbocycles. The average Bonchev–Trinajstić information content (AvgIpc) is 2.47. The molecule has 0 aromatic heterocycles. The topological polar surface area (TPSA) is 84.9 Å². The van der Waals surface area contributed by atoms with Gasteiger partial charge in [0.2, 0.25) is 0 Å². The lowest BCUT2D eigenvalue weighted by Gasteiger charge is -2.26. The van der Waals surface area contributed by atoms with Gasteiger partial charge in [0, 0.05) is 0 Å². The molecule has 0 spiro atoms. The van der Waals surface area contributed by atoms with Crippen molar-refractivity contribution in [2.75, 3.05) is 7.11 Å². The zero-order chi connectivity index (χ0) is 16.0. The summed E-state index contributed by atoms with van der Waals surface area (Å²) in [5.41, 5.74) is -1.30. The SMILES string of the molecule is CCC(C)(NC(=O)C(C)Oc1ccc(OC)cc1)C(=O)O. The van der Waals surface area contributed by atoms with E-state index in [2.05, 4.69) is 5.32 Å². The fourth-order valence-corrected chi connectivity index (χ4v) is 1.58. The zero-order valence-corrected chi connectivity index (χ0v) is 12.7. The van der Waals surface area contributed by atoms with Crippen LogP contribution in [-0.2, 0) is 9.59 Å². The molecule has 6 heteroatoms. The summed E-state index contributed by atoms with van der Waals surface area (Å²) in [6.07, 6.45) is -0.521. The number of rotatable bonds is 7. The quantitative estimate of drug-likeness (QED) is 0.801. The first-order chi connectivity index (χ1) is 9.82. The molecule has 21 heavy (non-hydrogen) atoms. The standard InChI is InChI=1S/C15H21NO5/c1-5-15(3,14(18)19)16-13(17)10(2)21-12-8-6-11(20-4)7-9-12/h6-10H,5H2,1-4H3,(H,16,17)(H,18,19). The number of carboxylic acids is 1. The van der Waals surface area contributed by atoms with Crippen LogP contribution in [0.25, 0.3) is 0 Å². The minimum Gasteiger partial charge on any atom is -0.497 e. The minimum atomic E-state index is -1.30. The largest absolute Gasteiger partial charge is 0.497 e. The summed E-state index contributed by atoms with van der Waals surface area (Å²) in [7, 11) is 1.56. The fourth-order valence-electron chi connectivity index (χ4n) is 1.58. The van der Waals surface area contributed by atoms with Crippen LogP contribution >= 0.6 is 0 Å². The molecule has 1 aromatic rings. The van der Waals surface area contributed by atoms with E-state index in [1.54, 1.807) is 45.2 Å². The summed E-state index contributed by atoms with van der Waals surface area (Å²) in [5, 5.41) is 11.6. The second kappa shape index (κ2) is 6.97. The van der Waals surface area contributed by atoms with Gasteiger partial charge in [0.25, 0.3) is 5.91 Å². The predicted octanol–water partition coefficient (Wildman–Crippen LogP) is 1.83. The molecule has 0 bridgehead atoms. The van der Waals surface area contributed by atoms with Crippen LogP contribution in [0, 0.1) is 0 Å². The Morgan fingerprint density at radius 3 is 2.24 bits per heavy atom. The fraction of sp³-hybridized carbons (Fsp3) is 0.467. The van der Waals surface area contributed by atoms with Crippen molar-refractivity contribution in [1.82, 2.24) is 5.32 Å². The van der Waals surface area contributed by atoms with E-state index in [0.717, 1.165) is 0 Å². The summed E-state index contributed by atoms with van der Waals surface area (Å²) < 4.78 is 10.5. The Labute approximate surface area is 124 Å². The maximum Gasteiger partial charge on any atom is 0.329 e. The highest BCUT2D eigenvalue weighted by molar-refractivity contribution is 5.88. The van der Waals surface area contributed by atoms with Crippen molar-refractivity contribution in [2.24, 2.45) is 0 Å². The number of carboxylic acid groups (broad SMARTS) is 1. The monoisotopic (exact) mass is 295 g/mol. The third kappa shape index (κ3) is 4.37. The number of benzene rings is 1. The van der Waals surface area contributed by atoms with Crippen molar-refractivity contribution in [2.45, 2.75) is 38.8 Å². The van der Waals surface area contributed by atoms with E-state index in [1.807, 2.05) is 0 Å². The summed E-state index contributed by atoms with van der Waals surface area (Å²) >= 11 is 0. The number of methoxy groups -OCH3 is 1. The average molecular weight is 295 g/mol. The Balaban J connectivity index is 2.67. The van der Waals surface area contributed by atoms with Gasteiger partial charge in [-0.2, -0.15) is 0 Å². The van der Waals surface area contributed by atoms with Gasteiger partial charge < -0.3 is 19.9 Å². The first kappa shape index (κ1) is 16.8. The second-order valence-electron chi connectivity index (χ2n) is 4.92. The highest BCUT2D eigenvalue weighted by Crippen LogP contribution is 2.18. The first-order valence-corrected chi connectivity index (χ1v) is 6.68. The van der Waals surface area contributed by atoms with Crippen LogP contribution in [0.1, 0.15) is 27.2 Å². The Morgan fingerprint density at radius 1 is 1.29 bits per heavy atom. The summed E-state index contributed by atoms with van der Waals surface area (Å²) in [5.74, 6) is -0.358. The van der Waals surface area contributed by atoms with Crippen LogP contribution in [0.15, 0.2) is 24.3 Å². The molecule has 2 atom stereocenters. The highest BCUT2D eigenvalue weighted by Gasteiger charge is 2.34. The molecule has 2 unspecified atom stereocenters. The van der Waals surface area contributed by atoms with Gasteiger partial charge in [0.15, 0.2) is 6.10 Å². The van der Waals surface area contributed by atoms with Crippen LogP contribution in [0.5, 0.6) is 11.5 Å². The van der Waals surface area contributed by atoms with Gasteiger partial charge in [-0.05, 0) is 44.5 Å². The highest BCUT2D eigenvalue weighted by atomic mass is 16.5. The lowest BCUT2D eigenvalue weighted by Crippen LogP contribution is -2.54. The van der Waals surface area contributed by atoms with E-state index in [1.165, 1.54) is 6.92 Å². The van der Waals surface area contributed by atoms with Gasteiger partial charge in [0.05, 0.1) is 7.11 Å². The van der Waals surface area contributed by atoms with Crippen molar-refractivity contribution in [3.8, 4) is 11.5 Å². The van der Waals surface area contributed by atoms with Gasteiger partial charge in [-0.3, -0.25) is 4.79 Å². The minimum absolute atomic E-state index is 0.281. The molecule has 0 fully saturated rings. The zero-order valence-electron chi connectivity index (χ0n) is 12.7. The molecule has 6 nitrogen and oxygen atoms in total. The van der Waals surface area contributed by atoms with E-state index in [9.17, 15) is 9.59 Å². The van der Waals surface area contributed by atoms with Crippen molar-refractivity contribution < 1.29 is 24.2 Å². The van der Waals surface area contributed by atoms with E-state index >= 15 is 0 Å². The number of amides is 1. The van der Waals surface area contributed by atoms with Crippen molar-refractivity contribution in [3.63, 3.8) is 0 Å². The molecule has 0 aliphatic rings. The maximum absolute atomic E-state index is 12.0. The number of hydrogen-bond acceptors (Lipinski definition) is 4. The second-order valence-corrected chi connectivity index (χ2v) is 4.92. The van der Waals surface area contributed by atoms with Crippen molar-refractivity contribution >= 4 is 11.9 Å². The van der Waals surface area contributed by atoms with Gasteiger partial charge in [0.1, 0.15) is 17.0 Å². The molecule has 1 amide bonds. The van der Waals surface area contributed by atoms with Crippen LogP contribution in [0.3, 0.4) is 0 Å². The number of hydrogen-bond donors (Lipinski definition) is 2. The molecule has 116 valence electrons. The number of carbonyl (C=O) groups is 2. The molecule has 0 saturated heterocycles. The normalized spacial score (nSPS) is 14.7.